The first-order chi connectivity index (χ1) is 15.0. The number of hydrogen-bond acceptors (Lipinski definition) is 4. The minimum Gasteiger partial charge on any atom is -0.396 e. The van der Waals surface area contributed by atoms with E-state index < -0.39 is 17.1 Å². The molecule has 178 valence electrons. The third kappa shape index (κ3) is 3.58. The lowest BCUT2D eigenvalue weighted by atomic mass is 9.47. The van der Waals surface area contributed by atoms with Crippen molar-refractivity contribution < 1.29 is 20.1 Å². The van der Waals surface area contributed by atoms with E-state index >= 15 is 0 Å². The van der Waals surface area contributed by atoms with Gasteiger partial charge in [0, 0.05) is 23.4 Å². The Kier molecular flexibility index (Phi) is 6.14. The molecule has 4 aliphatic rings. The summed E-state index contributed by atoms with van der Waals surface area (Å²) in [6.45, 7) is 10.6. The smallest absolute Gasteiger partial charge is 0.178 e. The van der Waals surface area contributed by atoms with E-state index in [0.717, 1.165) is 25.7 Å². The highest BCUT2D eigenvalue weighted by Crippen LogP contribution is 2.67. The molecule has 3 saturated carbocycles. The normalized spacial score (nSPS) is 44.1. The first-order valence-corrected chi connectivity index (χ1v) is 12.6. The number of carbonyl (C=O) groups excluding carboxylic acids is 1. The number of aliphatic hydroxyl groups is 3. The van der Waals surface area contributed by atoms with E-state index in [0.29, 0.717) is 30.1 Å². The van der Waals surface area contributed by atoms with Crippen molar-refractivity contribution in [3.8, 4) is 0 Å². The Bertz CT molecular complexity index is 836. The Morgan fingerprint density at radius 2 is 1.97 bits per heavy atom. The summed E-state index contributed by atoms with van der Waals surface area (Å²) in [5, 5.41) is 33.6. The fraction of sp³-hybridized carbons (Fsp3) is 0.750. The van der Waals surface area contributed by atoms with Crippen LogP contribution in [0.5, 0.6) is 0 Å². The third-order valence-corrected chi connectivity index (χ3v) is 10.0. The van der Waals surface area contributed by atoms with Crippen molar-refractivity contribution in [1.82, 2.24) is 0 Å². The lowest BCUT2D eigenvalue weighted by Gasteiger charge is -2.58. The van der Waals surface area contributed by atoms with Crippen molar-refractivity contribution in [3.05, 3.63) is 36.0 Å². The number of ketones is 1. The number of hydrogen-bond donors (Lipinski definition) is 3. The second-order valence-corrected chi connectivity index (χ2v) is 12.0. The van der Waals surface area contributed by atoms with E-state index in [1.54, 1.807) is 6.08 Å². The van der Waals surface area contributed by atoms with Gasteiger partial charge in [-0.15, -0.1) is 0 Å². The molecule has 4 heteroatoms. The van der Waals surface area contributed by atoms with Crippen molar-refractivity contribution in [1.29, 1.82) is 0 Å². The highest BCUT2D eigenvalue weighted by Gasteiger charge is 2.65. The zero-order valence-corrected chi connectivity index (χ0v) is 20.4. The van der Waals surface area contributed by atoms with E-state index in [9.17, 15) is 20.1 Å². The van der Waals surface area contributed by atoms with E-state index in [1.807, 2.05) is 19.1 Å². The molecule has 0 aliphatic heterocycles. The van der Waals surface area contributed by atoms with Crippen molar-refractivity contribution in [2.45, 2.75) is 78.4 Å². The second kappa shape index (κ2) is 8.21. The molecule has 32 heavy (non-hydrogen) atoms. The van der Waals surface area contributed by atoms with Crippen LogP contribution in [0.2, 0.25) is 0 Å². The first-order valence-electron chi connectivity index (χ1n) is 12.6. The first kappa shape index (κ1) is 23.9. The molecule has 0 aromatic carbocycles. The number of aliphatic hydroxyl groups excluding tert-OH is 2. The SMILES string of the molecule is CC(C)C(C)C=CC(C)(O)C1C(O)CC2C3CCC4=CC(=O)C=CC4(C)C3CCC21CO. The molecule has 9 atom stereocenters. The molecule has 0 bridgehead atoms. The summed E-state index contributed by atoms with van der Waals surface area (Å²) in [5.41, 5.74) is -0.513. The minimum absolute atomic E-state index is 0.0000728. The highest BCUT2D eigenvalue weighted by molar-refractivity contribution is 6.01. The van der Waals surface area contributed by atoms with Gasteiger partial charge in [-0.1, -0.05) is 51.5 Å². The Hall–Kier alpha value is -1.23. The molecular weight excluding hydrogens is 400 g/mol. The summed E-state index contributed by atoms with van der Waals surface area (Å²) in [6.07, 6.45) is 13.3. The molecule has 0 aromatic heterocycles. The topological polar surface area (TPSA) is 77.8 Å². The van der Waals surface area contributed by atoms with Crippen LogP contribution >= 0.6 is 0 Å². The fourth-order valence-electron chi connectivity index (χ4n) is 7.95. The minimum atomic E-state index is -1.17. The standard InChI is InChI=1S/C28H42O4/c1-17(2)18(3)8-12-27(5,32)25-24(31)15-23-21-7-6-19-14-20(30)9-11-26(19,4)22(21)10-13-28(23,25)16-29/h8-9,11-12,14,17-18,21-25,29,31-32H,6-7,10,13,15-16H2,1-5H3. The molecule has 0 aromatic rings. The fourth-order valence-corrected chi connectivity index (χ4v) is 7.95. The van der Waals surface area contributed by atoms with Gasteiger partial charge in [-0.3, -0.25) is 4.79 Å². The van der Waals surface area contributed by atoms with Crippen molar-refractivity contribution >= 4 is 5.78 Å². The number of allylic oxidation sites excluding steroid dienone is 5. The lowest BCUT2D eigenvalue weighted by Crippen LogP contribution is -2.55. The number of carbonyl (C=O) groups is 1. The number of fused-ring (bicyclic) bond motifs is 5. The van der Waals surface area contributed by atoms with Gasteiger partial charge in [-0.2, -0.15) is 0 Å². The monoisotopic (exact) mass is 442 g/mol. The second-order valence-electron chi connectivity index (χ2n) is 12.0. The molecule has 0 amide bonds. The largest absolute Gasteiger partial charge is 0.396 e. The Labute approximate surface area is 193 Å². The van der Waals surface area contributed by atoms with Crippen LogP contribution in [0.1, 0.15) is 66.7 Å². The predicted molar refractivity (Wildman–Crippen MR) is 127 cm³/mol. The van der Waals surface area contributed by atoms with Gasteiger partial charge in [-0.05, 0) is 80.8 Å². The van der Waals surface area contributed by atoms with Crippen LogP contribution < -0.4 is 0 Å². The van der Waals surface area contributed by atoms with Gasteiger partial charge < -0.3 is 15.3 Å². The molecule has 4 nitrogen and oxygen atoms in total. The summed E-state index contributed by atoms with van der Waals surface area (Å²) in [5.74, 6) is 1.49. The quantitative estimate of drug-likeness (QED) is 0.550. The molecule has 0 spiro atoms. The molecule has 4 rings (SSSR count). The molecular formula is C28H42O4. The maximum absolute atomic E-state index is 12.0. The number of rotatable bonds is 5. The predicted octanol–water partition coefficient (Wildman–Crippen LogP) is 4.45. The molecule has 0 saturated heterocycles. The van der Waals surface area contributed by atoms with E-state index in [-0.39, 0.29) is 29.6 Å². The van der Waals surface area contributed by atoms with Crippen LogP contribution in [0.25, 0.3) is 0 Å². The van der Waals surface area contributed by atoms with Crippen LogP contribution in [0, 0.1) is 46.3 Å². The summed E-state index contributed by atoms with van der Waals surface area (Å²) in [4.78, 5) is 12.0. The van der Waals surface area contributed by atoms with Crippen LogP contribution in [0.4, 0.5) is 0 Å². The lowest BCUT2D eigenvalue weighted by molar-refractivity contribution is -0.126. The summed E-state index contributed by atoms with van der Waals surface area (Å²) in [6, 6.07) is 0. The van der Waals surface area contributed by atoms with Crippen LogP contribution in [-0.4, -0.2) is 39.4 Å². The van der Waals surface area contributed by atoms with Gasteiger partial charge in [0.1, 0.15) is 0 Å². The Balaban J connectivity index is 1.66. The zero-order chi connectivity index (χ0) is 23.5. The zero-order valence-electron chi connectivity index (χ0n) is 20.4. The molecule has 3 N–H and O–H groups in total. The molecule has 3 fully saturated rings. The highest BCUT2D eigenvalue weighted by atomic mass is 16.3. The average Bonchev–Trinajstić information content (AvgIpc) is 3.05. The Morgan fingerprint density at radius 3 is 2.62 bits per heavy atom. The van der Waals surface area contributed by atoms with E-state index in [4.69, 9.17) is 0 Å². The summed E-state index contributed by atoms with van der Waals surface area (Å²) < 4.78 is 0. The van der Waals surface area contributed by atoms with Gasteiger partial charge >= 0.3 is 0 Å². The molecule has 0 radical (unpaired) electrons. The van der Waals surface area contributed by atoms with Gasteiger partial charge in [0.05, 0.1) is 11.7 Å². The van der Waals surface area contributed by atoms with Crippen molar-refractivity contribution in [3.63, 3.8) is 0 Å². The van der Waals surface area contributed by atoms with Gasteiger partial charge in [-0.25, -0.2) is 0 Å². The van der Waals surface area contributed by atoms with Crippen molar-refractivity contribution in [2.24, 2.45) is 46.3 Å². The van der Waals surface area contributed by atoms with Crippen LogP contribution in [-0.2, 0) is 4.79 Å². The third-order valence-electron chi connectivity index (χ3n) is 10.0. The van der Waals surface area contributed by atoms with Crippen LogP contribution in [0.15, 0.2) is 36.0 Å². The summed E-state index contributed by atoms with van der Waals surface area (Å²) >= 11 is 0. The maximum atomic E-state index is 12.0. The Morgan fingerprint density at radius 1 is 1.25 bits per heavy atom. The van der Waals surface area contributed by atoms with E-state index in [2.05, 4.69) is 39.8 Å². The van der Waals surface area contributed by atoms with Gasteiger partial charge in [0.25, 0.3) is 0 Å². The van der Waals surface area contributed by atoms with Crippen molar-refractivity contribution in [2.75, 3.05) is 6.61 Å². The van der Waals surface area contributed by atoms with E-state index in [1.165, 1.54) is 5.57 Å². The summed E-state index contributed by atoms with van der Waals surface area (Å²) in [7, 11) is 0. The average molecular weight is 443 g/mol. The van der Waals surface area contributed by atoms with Gasteiger partial charge in [0.15, 0.2) is 5.78 Å². The molecule has 9 unspecified atom stereocenters. The van der Waals surface area contributed by atoms with Crippen LogP contribution in [0.3, 0.4) is 0 Å². The molecule has 0 heterocycles. The molecule has 4 aliphatic carbocycles. The van der Waals surface area contributed by atoms with Gasteiger partial charge in [0.2, 0.25) is 0 Å². The maximum Gasteiger partial charge on any atom is 0.178 e.